The lowest BCUT2D eigenvalue weighted by Crippen LogP contribution is -2.33. The van der Waals surface area contributed by atoms with Crippen LogP contribution in [0.3, 0.4) is 0 Å². The predicted octanol–water partition coefficient (Wildman–Crippen LogP) is 1.88. The fourth-order valence-corrected chi connectivity index (χ4v) is 3.00. The summed E-state index contributed by atoms with van der Waals surface area (Å²) in [6.07, 6.45) is 0.445. The van der Waals surface area contributed by atoms with Crippen molar-refractivity contribution in [2.45, 2.75) is 38.1 Å². The molecule has 92 valence electrons. The van der Waals surface area contributed by atoms with Crippen molar-refractivity contribution >= 4 is 10.0 Å². The number of sulfonamides is 1. The molecule has 0 amide bonds. The molecule has 1 unspecified atom stereocenters. The van der Waals surface area contributed by atoms with Crippen LogP contribution in [-0.4, -0.2) is 14.5 Å². The molecule has 1 N–H and O–H groups in total. The van der Waals surface area contributed by atoms with Crippen molar-refractivity contribution < 1.29 is 8.42 Å². The number of nitrogens with zero attached hydrogens (tertiary/aromatic N) is 1. The van der Waals surface area contributed by atoms with Crippen LogP contribution in [0.1, 0.15) is 24.5 Å². The standard InChI is InChI=1S/C12H16N2O2S/c1-4-11(8-13)14-17(15,16)12-6-5-9(2)7-10(12)3/h5-7,11,14H,4H2,1-3H3. The summed E-state index contributed by atoms with van der Waals surface area (Å²) in [6, 6.07) is 6.36. The minimum Gasteiger partial charge on any atom is -0.207 e. The molecule has 0 aliphatic heterocycles. The molecule has 1 atom stereocenters. The van der Waals surface area contributed by atoms with Crippen LogP contribution >= 0.6 is 0 Å². The van der Waals surface area contributed by atoms with Gasteiger partial charge in [0.2, 0.25) is 10.0 Å². The Labute approximate surface area is 102 Å². The van der Waals surface area contributed by atoms with Crippen molar-refractivity contribution in [2.24, 2.45) is 0 Å². The lowest BCUT2D eigenvalue weighted by atomic mass is 10.2. The van der Waals surface area contributed by atoms with Crippen LogP contribution in [0, 0.1) is 25.2 Å². The number of rotatable bonds is 4. The van der Waals surface area contributed by atoms with Crippen molar-refractivity contribution in [3.63, 3.8) is 0 Å². The van der Waals surface area contributed by atoms with E-state index in [2.05, 4.69) is 4.72 Å². The van der Waals surface area contributed by atoms with Gasteiger partial charge in [0, 0.05) is 0 Å². The first kappa shape index (κ1) is 13.7. The molecule has 0 aliphatic rings. The summed E-state index contributed by atoms with van der Waals surface area (Å²) in [5, 5.41) is 8.77. The second kappa shape index (κ2) is 5.30. The molecule has 1 aromatic carbocycles. The summed E-state index contributed by atoms with van der Waals surface area (Å²) in [5.74, 6) is 0. The number of benzene rings is 1. The fourth-order valence-electron chi connectivity index (χ4n) is 1.55. The molecule has 0 aliphatic carbocycles. The van der Waals surface area contributed by atoms with Gasteiger partial charge in [-0.05, 0) is 31.9 Å². The molecule has 5 heteroatoms. The van der Waals surface area contributed by atoms with E-state index in [0.29, 0.717) is 12.0 Å². The van der Waals surface area contributed by atoms with Crippen molar-refractivity contribution in [1.29, 1.82) is 5.26 Å². The number of hydrogen-bond acceptors (Lipinski definition) is 3. The predicted molar refractivity (Wildman–Crippen MR) is 65.9 cm³/mol. The highest BCUT2D eigenvalue weighted by Crippen LogP contribution is 2.16. The van der Waals surface area contributed by atoms with E-state index in [4.69, 9.17) is 5.26 Å². The molecular formula is C12H16N2O2S. The number of aryl methyl sites for hydroxylation is 2. The first-order chi connectivity index (χ1) is 7.90. The normalized spacial score (nSPS) is 13.1. The zero-order chi connectivity index (χ0) is 13.1. The fraction of sp³-hybridized carbons (Fsp3) is 0.417. The Morgan fingerprint density at radius 1 is 1.41 bits per heavy atom. The van der Waals surface area contributed by atoms with Crippen LogP contribution in [0.15, 0.2) is 23.1 Å². The number of nitriles is 1. The summed E-state index contributed by atoms with van der Waals surface area (Å²) in [4.78, 5) is 0.233. The Morgan fingerprint density at radius 3 is 2.53 bits per heavy atom. The lowest BCUT2D eigenvalue weighted by Gasteiger charge is -2.12. The topological polar surface area (TPSA) is 70.0 Å². The molecule has 17 heavy (non-hydrogen) atoms. The van der Waals surface area contributed by atoms with Gasteiger partial charge < -0.3 is 0 Å². The van der Waals surface area contributed by atoms with Gasteiger partial charge in [-0.2, -0.15) is 9.98 Å². The van der Waals surface area contributed by atoms with Gasteiger partial charge in [0.05, 0.1) is 11.0 Å². The Hall–Kier alpha value is -1.38. The maximum absolute atomic E-state index is 12.0. The van der Waals surface area contributed by atoms with E-state index in [1.165, 1.54) is 0 Å². The van der Waals surface area contributed by atoms with Crippen LogP contribution in [0.2, 0.25) is 0 Å². The molecule has 4 nitrogen and oxygen atoms in total. The van der Waals surface area contributed by atoms with Gasteiger partial charge in [0.1, 0.15) is 6.04 Å². The highest BCUT2D eigenvalue weighted by atomic mass is 32.2. The van der Waals surface area contributed by atoms with Gasteiger partial charge in [0.25, 0.3) is 0 Å². The summed E-state index contributed by atoms with van der Waals surface area (Å²) in [6.45, 7) is 5.41. The summed E-state index contributed by atoms with van der Waals surface area (Å²) < 4.78 is 26.4. The summed E-state index contributed by atoms with van der Waals surface area (Å²) in [7, 11) is -3.60. The number of hydrogen-bond donors (Lipinski definition) is 1. The van der Waals surface area contributed by atoms with Gasteiger partial charge >= 0.3 is 0 Å². The molecule has 0 spiro atoms. The third-order valence-electron chi connectivity index (χ3n) is 2.48. The molecule has 0 aromatic heterocycles. The Bertz CT molecular complexity index is 544. The smallest absolute Gasteiger partial charge is 0.207 e. The second-order valence-corrected chi connectivity index (χ2v) is 5.66. The average molecular weight is 252 g/mol. The third kappa shape index (κ3) is 3.29. The van der Waals surface area contributed by atoms with Gasteiger partial charge in [-0.3, -0.25) is 0 Å². The Balaban J connectivity index is 3.10. The van der Waals surface area contributed by atoms with Crippen molar-refractivity contribution in [1.82, 2.24) is 4.72 Å². The van der Waals surface area contributed by atoms with Crippen molar-refractivity contribution in [3.05, 3.63) is 29.3 Å². The Kier molecular flexibility index (Phi) is 4.27. The maximum Gasteiger partial charge on any atom is 0.241 e. The quantitative estimate of drug-likeness (QED) is 0.889. The molecule has 0 radical (unpaired) electrons. The minimum atomic E-state index is -3.60. The Morgan fingerprint density at radius 2 is 2.06 bits per heavy atom. The number of nitrogens with one attached hydrogen (secondary N) is 1. The van der Waals surface area contributed by atoms with Crippen LogP contribution in [0.5, 0.6) is 0 Å². The summed E-state index contributed by atoms with van der Waals surface area (Å²) >= 11 is 0. The van der Waals surface area contributed by atoms with Crippen LogP contribution in [0.25, 0.3) is 0 Å². The molecule has 0 fully saturated rings. The minimum absolute atomic E-state index is 0.233. The molecule has 0 saturated carbocycles. The zero-order valence-electron chi connectivity index (χ0n) is 10.2. The van der Waals surface area contributed by atoms with E-state index >= 15 is 0 Å². The SMILES string of the molecule is CCC(C#N)NS(=O)(=O)c1ccc(C)cc1C. The van der Waals surface area contributed by atoms with Crippen LogP contribution in [0.4, 0.5) is 0 Å². The van der Waals surface area contributed by atoms with E-state index in [9.17, 15) is 8.42 Å². The maximum atomic E-state index is 12.0. The van der Waals surface area contributed by atoms with Crippen molar-refractivity contribution in [2.75, 3.05) is 0 Å². The second-order valence-electron chi connectivity index (χ2n) is 3.98. The van der Waals surface area contributed by atoms with E-state index < -0.39 is 16.1 Å². The van der Waals surface area contributed by atoms with E-state index in [-0.39, 0.29) is 4.90 Å². The van der Waals surface area contributed by atoms with Crippen molar-refractivity contribution in [3.8, 4) is 6.07 Å². The molecule has 1 aromatic rings. The average Bonchev–Trinajstić information content (AvgIpc) is 2.25. The van der Waals surface area contributed by atoms with Gasteiger partial charge in [0.15, 0.2) is 0 Å². The largest absolute Gasteiger partial charge is 0.241 e. The molecule has 0 saturated heterocycles. The molecular weight excluding hydrogens is 236 g/mol. The molecule has 1 rings (SSSR count). The lowest BCUT2D eigenvalue weighted by molar-refractivity contribution is 0.569. The van der Waals surface area contributed by atoms with Crippen LogP contribution < -0.4 is 4.72 Å². The highest BCUT2D eigenvalue weighted by molar-refractivity contribution is 7.89. The van der Waals surface area contributed by atoms with Gasteiger partial charge in [-0.1, -0.05) is 24.6 Å². The first-order valence-corrected chi connectivity index (χ1v) is 6.88. The van der Waals surface area contributed by atoms with E-state index in [1.807, 2.05) is 19.1 Å². The molecule has 0 bridgehead atoms. The molecule has 0 heterocycles. The van der Waals surface area contributed by atoms with E-state index in [0.717, 1.165) is 5.56 Å². The first-order valence-electron chi connectivity index (χ1n) is 5.40. The van der Waals surface area contributed by atoms with Crippen LogP contribution in [-0.2, 0) is 10.0 Å². The van der Waals surface area contributed by atoms with Gasteiger partial charge in [-0.15, -0.1) is 0 Å². The van der Waals surface area contributed by atoms with E-state index in [1.54, 1.807) is 26.0 Å². The monoisotopic (exact) mass is 252 g/mol. The zero-order valence-corrected chi connectivity index (χ0v) is 11.0. The van der Waals surface area contributed by atoms with Gasteiger partial charge in [-0.25, -0.2) is 8.42 Å². The summed E-state index contributed by atoms with van der Waals surface area (Å²) in [5.41, 5.74) is 1.69. The highest BCUT2D eigenvalue weighted by Gasteiger charge is 2.20. The third-order valence-corrected chi connectivity index (χ3v) is 4.11.